The van der Waals surface area contributed by atoms with Gasteiger partial charge in [0.25, 0.3) is 0 Å². The van der Waals surface area contributed by atoms with Gasteiger partial charge in [-0.3, -0.25) is 0 Å². The molecule has 5 heterocycles. The number of fused-ring (bicyclic) bond motifs is 4. The zero-order chi connectivity index (χ0) is 72.5. The first kappa shape index (κ1) is 85.4. The van der Waals surface area contributed by atoms with Crippen LogP contribution in [0, 0.1) is 47.3 Å². The van der Waals surface area contributed by atoms with Crippen molar-refractivity contribution < 1.29 is 97.8 Å². The standard InChI is InChI=1S/C78H132O20/c1-45-23-29-57(79)37-59-19-17-21-61(95-59)41-70(91-15)51(7)67(81)43-68(82)53(9)78(56(12)76(87)48(4)28-32-64-40-66(90-14)36-50(6)94-64)98-74(85)34-26-46(2)24-30-58(80)38-60-20-18-22-62(96-60)42-71(92-16)52(8)69(83)44-72(97-73(84)33-25-45)54(10)77(88)55(11)75(86)47(3)27-31-63-39-65(89-13)35-49(5)93-63/h17-20,23-26,33-34,47-72,75-83,86-88H,21-22,27-32,35-44H2,1-16H3/b33-25?,34-26-,45-23-,46-24-/t47-,48-,49-,50-,51-,52-,53-,54-,55-,56-,57-,58-,59-,60-,61-,62-,63-,64-,65+,66+,67-,68+,69-,70-,71-,72+,75-,76-,77-,78-/m0/s1. The second kappa shape index (κ2) is 43.1. The number of aliphatic hydroxyl groups excluding tert-OH is 8. The third kappa shape index (κ3) is 28.1. The first-order chi connectivity index (χ1) is 46.4. The number of hydrogen-bond donors (Lipinski definition) is 8. The van der Waals surface area contributed by atoms with Crippen LogP contribution in [0.25, 0.3) is 0 Å². The molecule has 0 aliphatic carbocycles. The number of carbonyl (C=O) groups excluding carboxylic acids is 2. The number of rotatable bonds is 18. The highest BCUT2D eigenvalue weighted by molar-refractivity contribution is 5.83. The van der Waals surface area contributed by atoms with Gasteiger partial charge < -0.3 is 88.2 Å². The predicted octanol–water partition coefficient (Wildman–Crippen LogP) is 10.1. The number of ether oxygens (including phenoxy) is 10. The normalized spacial score (nSPS) is 39.6. The van der Waals surface area contributed by atoms with E-state index in [9.17, 15) is 50.4 Å². The molecule has 5 aliphatic heterocycles. The molecule has 0 spiro atoms. The van der Waals surface area contributed by atoms with Gasteiger partial charge in [-0.2, -0.15) is 0 Å². The van der Waals surface area contributed by atoms with Gasteiger partial charge in [0.05, 0.1) is 122 Å². The Morgan fingerprint density at radius 1 is 0.469 bits per heavy atom. The van der Waals surface area contributed by atoms with Gasteiger partial charge in [0, 0.05) is 108 Å². The van der Waals surface area contributed by atoms with Crippen molar-refractivity contribution in [2.75, 3.05) is 28.4 Å². The predicted molar refractivity (Wildman–Crippen MR) is 377 cm³/mol. The van der Waals surface area contributed by atoms with Crippen LogP contribution in [0.5, 0.6) is 0 Å². The van der Waals surface area contributed by atoms with Crippen LogP contribution < -0.4 is 0 Å². The first-order valence-electron chi connectivity index (χ1n) is 37.1. The van der Waals surface area contributed by atoms with Crippen LogP contribution in [0.15, 0.2) is 71.9 Å². The van der Waals surface area contributed by atoms with Gasteiger partial charge in [0.2, 0.25) is 0 Å². The van der Waals surface area contributed by atoms with Crippen molar-refractivity contribution in [2.24, 2.45) is 47.3 Å². The van der Waals surface area contributed by atoms with Crippen LogP contribution in [0.2, 0.25) is 0 Å². The molecule has 20 heteroatoms. The van der Waals surface area contributed by atoms with Gasteiger partial charge in [-0.25, -0.2) is 9.59 Å². The Bertz CT molecular complexity index is 2480. The molecular weight excluding hydrogens is 1260 g/mol. The minimum absolute atomic E-state index is 0.00881. The zero-order valence-corrected chi connectivity index (χ0v) is 62.3. The van der Waals surface area contributed by atoms with Crippen molar-refractivity contribution in [3.8, 4) is 0 Å². The van der Waals surface area contributed by atoms with E-state index in [1.165, 1.54) is 12.2 Å². The van der Waals surface area contributed by atoms with E-state index in [0.29, 0.717) is 56.1 Å². The van der Waals surface area contributed by atoms with Crippen LogP contribution >= 0.6 is 0 Å². The highest BCUT2D eigenvalue weighted by atomic mass is 16.6. The summed E-state index contributed by atoms with van der Waals surface area (Å²) < 4.78 is 61.3. The molecule has 0 unspecified atom stereocenters. The van der Waals surface area contributed by atoms with Gasteiger partial charge in [-0.05, 0) is 123 Å². The molecule has 20 nitrogen and oxygen atoms in total. The topological polar surface area (TPSA) is 288 Å². The molecule has 8 N–H and O–H groups in total. The number of hydrogen-bond acceptors (Lipinski definition) is 20. The van der Waals surface area contributed by atoms with E-state index in [1.807, 2.05) is 98.8 Å². The Balaban J connectivity index is 1.36. The Labute approximate surface area is 587 Å². The fourth-order valence-corrected chi connectivity index (χ4v) is 15.3. The maximum Gasteiger partial charge on any atom is 0.331 e. The molecule has 2 fully saturated rings. The number of carbonyl (C=O) groups is 2. The molecule has 0 aromatic carbocycles. The second-order valence-electron chi connectivity index (χ2n) is 30.3. The van der Waals surface area contributed by atoms with E-state index >= 15 is 0 Å². The lowest BCUT2D eigenvalue weighted by Crippen LogP contribution is -2.45. The number of methoxy groups -OCH3 is 4. The Hall–Kier alpha value is -3.26. The van der Waals surface area contributed by atoms with Crippen LogP contribution in [-0.2, 0) is 57.0 Å². The molecule has 2 saturated heterocycles. The third-order valence-corrected chi connectivity index (χ3v) is 22.3. The molecule has 0 aromatic heterocycles. The van der Waals surface area contributed by atoms with E-state index in [0.717, 1.165) is 32.1 Å². The summed E-state index contributed by atoms with van der Waals surface area (Å²) in [7, 11) is 6.59. The van der Waals surface area contributed by atoms with Crippen LogP contribution in [0.4, 0.5) is 0 Å². The summed E-state index contributed by atoms with van der Waals surface area (Å²) in [5, 5.41) is 94.5. The Morgan fingerprint density at radius 3 is 1.35 bits per heavy atom. The van der Waals surface area contributed by atoms with E-state index in [-0.39, 0.29) is 99.2 Å². The van der Waals surface area contributed by atoms with Gasteiger partial charge >= 0.3 is 11.9 Å². The maximum atomic E-state index is 13.9. The number of aliphatic hydroxyl groups is 8. The highest BCUT2D eigenvalue weighted by Crippen LogP contribution is 2.37. The average molecular weight is 1390 g/mol. The van der Waals surface area contributed by atoms with E-state index in [1.54, 1.807) is 61.4 Å². The summed E-state index contributed by atoms with van der Waals surface area (Å²) in [5.74, 6) is -5.50. The van der Waals surface area contributed by atoms with Crippen molar-refractivity contribution in [2.45, 2.75) is 333 Å². The molecule has 98 heavy (non-hydrogen) atoms. The third-order valence-electron chi connectivity index (χ3n) is 22.3. The fraction of sp³-hybridized carbons (Fsp3) is 0.821. The highest BCUT2D eigenvalue weighted by Gasteiger charge is 2.42. The van der Waals surface area contributed by atoms with E-state index < -0.39 is 133 Å². The molecule has 4 bridgehead atoms. The van der Waals surface area contributed by atoms with Crippen molar-refractivity contribution in [3.05, 3.63) is 71.9 Å². The summed E-state index contributed by atoms with van der Waals surface area (Å²) in [5.41, 5.74) is 1.38. The van der Waals surface area contributed by atoms with Gasteiger partial charge in [-0.1, -0.05) is 115 Å². The minimum atomic E-state index is -1.16. The molecule has 30 atom stereocenters. The van der Waals surface area contributed by atoms with Crippen LogP contribution in [0.1, 0.15) is 199 Å². The van der Waals surface area contributed by atoms with Crippen LogP contribution in [-0.4, -0.2) is 216 Å². The lowest BCUT2D eigenvalue weighted by molar-refractivity contribution is -0.158. The van der Waals surface area contributed by atoms with Crippen molar-refractivity contribution in [1.82, 2.24) is 0 Å². The average Bonchev–Trinajstić information content (AvgIpc) is 0.854. The fourth-order valence-electron chi connectivity index (χ4n) is 15.3. The van der Waals surface area contributed by atoms with E-state index in [2.05, 4.69) is 0 Å². The molecule has 0 amide bonds. The summed E-state index contributed by atoms with van der Waals surface area (Å²) in [6.45, 7) is 22.5. The number of allylic oxidation sites excluding steroid dienone is 4. The molecule has 5 rings (SSSR count). The molecule has 0 radical (unpaired) electrons. The lowest BCUT2D eigenvalue weighted by atomic mass is 9.78. The van der Waals surface area contributed by atoms with Gasteiger partial charge in [0.1, 0.15) is 12.2 Å². The summed E-state index contributed by atoms with van der Waals surface area (Å²) in [6, 6.07) is 0. The smallest absolute Gasteiger partial charge is 0.331 e. The summed E-state index contributed by atoms with van der Waals surface area (Å²) in [4.78, 5) is 27.8. The maximum absolute atomic E-state index is 13.9. The van der Waals surface area contributed by atoms with Gasteiger partial charge in [-0.15, -0.1) is 0 Å². The summed E-state index contributed by atoms with van der Waals surface area (Å²) in [6.07, 6.45) is 14.1. The number of cyclic esters (lactones) is 2. The quantitative estimate of drug-likeness (QED) is 0.0468. The van der Waals surface area contributed by atoms with Crippen molar-refractivity contribution in [3.63, 3.8) is 0 Å². The zero-order valence-electron chi connectivity index (χ0n) is 62.3. The Morgan fingerprint density at radius 2 is 0.898 bits per heavy atom. The van der Waals surface area contributed by atoms with Crippen molar-refractivity contribution in [1.29, 1.82) is 0 Å². The monoisotopic (exact) mass is 1390 g/mol. The largest absolute Gasteiger partial charge is 0.459 e. The minimum Gasteiger partial charge on any atom is -0.459 e. The van der Waals surface area contributed by atoms with Crippen LogP contribution in [0.3, 0.4) is 0 Å². The van der Waals surface area contributed by atoms with E-state index in [4.69, 9.17) is 47.4 Å². The molecular formula is C78H132O20. The SMILES string of the molecule is CO[C@H]1C[C@H](CC[C@H](C)[C@H](O)[C@H](C)[C@@H](O)[C@@H](C)[C@H]2C[C@H](O)[C@H](C)[C@@H](OC)C[C@@H]3CC=C[C@@H](C[C@@H](O)C/C=C(C)\C=C/C(=O)O[C@H]([C@@H](C)[C@@H](O)[C@@H](C)CC[C@H]4C[C@H](OC)C[C@H](C)O4)[C@@H](C)[C@H](O)C[C@H](O)[C@H](C)[C@@H](OC)C[C@@H]4CC=C[C@@H](C[C@@H](O)C/C=C(/C)C=CC(=O)O2)O4)O3)O[C@@H](C)C1. The Kier molecular flexibility index (Phi) is 37.6. The lowest BCUT2D eigenvalue weighted by Gasteiger charge is -2.38. The first-order valence-corrected chi connectivity index (χ1v) is 37.1. The van der Waals surface area contributed by atoms with Crippen molar-refractivity contribution >= 4 is 11.9 Å². The van der Waals surface area contributed by atoms with Gasteiger partial charge in [0.15, 0.2) is 0 Å². The number of esters is 2. The molecule has 0 aromatic rings. The molecule has 564 valence electrons. The molecule has 5 aliphatic rings. The molecule has 0 saturated carbocycles. The second-order valence-corrected chi connectivity index (χ2v) is 30.3. The summed E-state index contributed by atoms with van der Waals surface area (Å²) >= 11 is 0.